The first-order valence-corrected chi connectivity index (χ1v) is 7.87. The number of fused-ring (bicyclic) bond motifs is 1. The number of hydrogen-bond donors (Lipinski definition) is 3. The number of aryl methyl sites for hydroxylation is 1. The van der Waals surface area contributed by atoms with Crippen molar-refractivity contribution in [2.75, 3.05) is 0 Å². The lowest BCUT2D eigenvalue weighted by Gasteiger charge is -2.08. The lowest BCUT2D eigenvalue weighted by Crippen LogP contribution is -2.28. The van der Waals surface area contributed by atoms with Crippen LogP contribution in [0.2, 0.25) is 0 Å². The van der Waals surface area contributed by atoms with E-state index in [1.54, 1.807) is 31.2 Å². The summed E-state index contributed by atoms with van der Waals surface area (Å²) in [5.41, 5.74) is 2.35. The number of carbonyl (C=O) groups excluding carboxylic acids is 1. The van der Waals surface area contributed by atoms with Crippen molar-refractivity contribution in [3.63, 3.8) is 0 Å². The summed E-state index contributed by atoms with van der Waals surface area (Å²) in [4.78, 5) is 24.8. The largest absolute Gasteiger partial charge is 0.504 e. The highest BCUT2D eigenvalue weighted by Crippen LogP contribution is 2.26. The molecule has 0 aliphatic carbocycles. The van der Waals surface area contributed by atoms with E-state index in [-0.39, 0.29) is 28.3 Å². The number of carbonyl (C=O) groups is 1. The Bertz CT molecular complexity index is 1070. The van der Waals surface area contributed by atoms with Crippen LogP contribution in [0, 0.1) is 0 Å². The first-order valence-electron chi connectivity index (χ1n) is 7.87. The fraction of sp³-hybridized carbons (Fsp3) is 0.111. The topological polar surface area (TPSA) is 117 Å². The summed E-state index contributed by atoms with van der Waals surface area (Å²) in [6, 6.07) is 11.1. The summed E-state index contributed by atoms with van der Waals surface area (Å²) >= 11 is 0. The number of aromatic hydroxyl groups is 2. The molecule has 26 heavy (non-hydrogen) atoms. The van der Waals surface area contributed by atoms with Crippen LogP contribution in [0.25, 0.3) is 10.8 Å². The average Bonchev–Trinajstić information content (AvgIpc) is 2.65. The molecule has 3 N–H and O–H groups in total. The van der Waals surface area contributed by atoms with Crippen LogP contribution in [0.4, 0.5) is 0 Å². The van der Waals surface area contributed by atoms with Crippen LogP contribution in [0.15, 0.2) is 52.4 Å². The highest BCUT2D eigenvalue weighted by Gasteiger charge is 2.15. The summed E-state index contributed by atoms with van der Waals surface area (Å²) in [5, 5.41) is 27.9. The predicted octanol–water partition coefficient (Wildman–Crippen LogP) is 1.59. The summed E-state index contributed by atoms with van der Waals surface area (Å²) < 4.78 is 1.21. The van der Waals surface area contributed by atoms with E-state index >= 15 is 0 Å². The Morgan fingerprint density at radius 3 is 2.65 bits per heavy atom. The number of nitrogens with one attached hydrogen (secondary N) is 1. The number of hydrazone groups is 1. The van der Waals surface area contributed by atoms with E-state index in [0.717, 1.165) is 0 Å². The first-order chi connectivity index (χ1) is 12.5. The van der Waals surface area contributed by atoms with Crippen molar-refractivity contribution in [3.8, 4) is 11.5 Å². The van der Waals surface area contributed by atoms with Gasteiger partial charge in [-0.25, -0.2) is 10.1 Å². The number of rotatable bonds is 4. The summed E-state index contributed by atoms with van der Waals surface area (Å²) in [6.07, 6.45) is 1.20. The molecule has 1 heterocycles. The maximum atomic E-state index is 12.5. The molecule has 0 radical (unpaired) electrons. The van der Waals surface area contributed by atoms with Crippen molar-refractivity contribution in [2.24, 2.45) is 5.10 Å². The van der Waals surface area contributed by atoms with Crippen molar-refractivity contribution >= 4 is 22.9 Å². The van der Waals surface area contributed by atoms with Gasteiger partial charge in [0.1, 0.15) is 0 Å². The zero-order valence-corrected chi connectivity index (χ0v) is 13.9. The second kappa shape index (κ2) is 7.06. The van der Waals surface area contributed by atoms with Crippen LogP contribution < -0.4 is 11.0 Å². The normalized spacial score (nSPS) is 11.1. The fourth-order valence-electron chi connectivity index (χ4n) is 2.48. The SMILES string of the molecule is CCn1nc(C(=O)N/N=C/c2cccc(O)c2O)c2ccccc2c1=O. The summed E-state index contributed by atoms with van der Waals surface area (Å²) in [6.45, 7) is 2.08. The van der Waals surface area contributed by atoms with E-state index in [9.17, 15) is 19.8 Å². The number of nitrogens with zero attached hydrogens (tertiary/aromatic N) is 3. The van der Waals surface area contributed by atoms with Crippen molar-refractivity contribution in [1.29, 1.82) is 0 Å². The van der Waals surface area contributed by atoms with Gasteiger partial charge >= 0.3 is 0 Å². The van der Waals surface area contributed by atoms with Gasteiger partial charge in [0.05, 0.1) is 11.6 Å². The van der Waals surface area contributed by atoms with Crippen molar-refractivity contribution in [1.82, 2.24) is 15.2 Å². The van der Waals surface area contributed by atoms with E-state index in [1.165, 1.54) is 29.1 Å². The standard InChI is InChI=1S/C18H16N4O4/c1-2-22-18(26)13-8-4-3-7-12(13)15(21-22)17(25)20-19-10-11-6-5-9-14(23)16(11)24/h3-10,23-24H,2H2,1H3,(H,20,25)/b19-10+. The highest BCUT2D eigenvalue weighted by molar-refractivity contribution is 6.05. The third-order valence-corrected chi connectivity index (χ3v) is 3.80. The van der Waals surface area contributed by atoms with Gasteiger partial charge in [0.2, 0.25) is 0 Å². The first kappa shape index (κ1) is 17.2. The van der Waals surface area contributed by atoms with Gasteiger partial charge < -0.3 is 10.2 Å². The number of para-hydroxylation sites is 1. The Labute approximate surface area is 148 Å². The molecule has 0 unspecified atom stereocenters. The fourth-order valence-corrected chi connectivity index (χ4v) is 2.48. The quantitative estimate of drug-likeness (QED) is 0.374. The van der Waals surface area contributed by atoms with Gasteiger partial charge in [-0.3, -0.25) is 9.59 Å². The molecule has 1 amide bonds. The molecule has 0 atom stereocenters. The molecule has 0 aliphatic rings. The van der Waals surface area contributed by atoms with Crippen molar-refractivity contribution in [3.05, 3.63) is 64.1 Å². The Hall–Kier alpha value is -3.68. The predicted molar refractivity (Wildman–Crippen MR) is 96.5 cm³/mol. The van der Waals surface area contributed by atoms with Gasteiger partial charge in [0, 0.05) is 17.5 Å². The molecule has 0 bridgehead atoms. The molecule has 3 aromatic rings. The van der Waals surface area contributed by atoms with E-state index in [2.05, 4.69) is 15.6 Å². The van der Waals surface area contributed by atoms with Crippen LogP contribution in [-0.4, -0.2) is 32.1 Å². The van der Waals surface area contributed by atoms with E-state index < -0.39 is 5.91 Å². The third-order valence-electron chi connectivity index (χ3n) is 3.80. The van der Waals surface area contributed by atoms with E-state index in [0.29, 0.717) is 17.3 Å². The van der Waals surface area contributed by atoms with Crippen LogP contribution in [0.3, 0.4) is 0 Å². The lowest BCUT2D eigenvalue weighted by atomic mass is 10.1. The van der Waals surface area contributed by atoms with Gasteiger partial charge in [0.15, 0.2) is 17.2 Å². The smallest absolute Gasteiger partial charge is 0.292 e. The molecule has 2 aromatic carbocycles. The molecule has 0 saturated heterocycles. The number of phenolic OH excluding ortho intramolecular Hbond substituents is 2. The highest BCUT2D eigenvalue weighted by atomic mass is 16.3. The minimum Gasteiger partial charge on any atom is -0.504 e. The maximum absolute atomic E-state index is 12.5. The van der Waals surface area contributed by atoms with E-state index in [4.69, 9.17) is 0 Å². The second-order valence-electron chi connectivity index (χ2n) is 5.43. The van der Waals surface area contributed by atoms with Gasteiger partial charge in [-0.15, -0.1) is 0 Å². The lowest BCUT2D eigenvalue weighted by molar-refractivity contribution is 0.0949. The third kappa shape index (κ3) is 3.12. The number of benzene rings is 2. The van der Waals surface area contributed by atoms with Gasteiger partial charge in [-0.2, -0.15) is 10.2 Å². The molecular formula is C18H16N4O4. The zero-order valence-electron chi connectivity index (χ0n) is 13.9. The number of hydrogen-bond acceptors (Lipinski definition) is 6. The van der Waals surface area contributed by atoms with Crippen LogP contribution in [0.5, 0.6) is 11.5 Å². The number of phenols is 2. The Kier molecular flexibility index (Phi) is 4.66. The van der Waals surface area contributed by atoms with Gasteiger partial charge in [-0.05, 0) is 25.1 Å². The minimum atomic E-state index is -0.598. The molecule has 0 aliphatic heterocycles. The molecule has 8 heteroatoms. The molecular weight excluding hydrogens is 336 g/mol. The van der Waals surface area contributed by atoms with Crippen molar-refractivity contribution < 1.29 is 15.0 Å². The van der Waals surface area contributed by atoms with Crippen LogP contribution in [-0.2, 0) is 6.54 Å². The summed E-state index contributed by atoms with van der Waals surface area (Å²) in [7, 11) is 0. The zero-order chi connectivity index (χ0) is 18.7. The summed E-state index contributed by atoms with van der Waals surface area (Å²) in [5.74, 6) is -1.23. The van der Waals surface area contributed by atoms with Crippen LogP contribution >= 0.6 is 0 Å². The van der Waals surface area contributed by atoms with Gasteiger partial charge in [-0.1, -0.05) is 24.3 Å². The van der Waals surface area contributed by atoms with Gasteiger partial charge in [0.25, 0.3) is 11.5 Å². The maximum Gasteiger partial charge on any atom is 0.292 e. The Balaban J connectivity index is 1.93. The second-order valence-corrected chi connectivity index (χ2v) is 5.43. The van der Waals surface area contributed by atoms with Crippen LogP contribution in [0.1, 0.15) is 23.0 Å². The molecule has 3 rings (SSSR count). The average molecular weight is 352 g/mol. The minimum absolute atomic E-state index is 0.0688. The molecule has 0 fully saturated rings. The van der Waals surface area contributed by atoms with Crippen molar-refractivity contribution in [2.45, 2.75) is 13.5 Å². The number of aromatic nitrogens is 2. The molecule has 0 spiro atoms. The van der Waals surface area contributed by atoms with E-state index in [1.807, 2.05) is 0 Å². The monoisotopic (exact) mass is 352 g/mol. The Morgan fingerprint density at radius 2 is 1.92 bits per heavy atom. The number of amides is 1. The Morgan fingerprint density at radius 1 is 1.19 bits per heavy atom. The molecule has 132 valence electrons. The molecule has 8 nitrogen and oxygen atoms in total. The molecule has 0 saturated carbocycles. The molecule has 1 aromatic heterocycles.